The monoisotopic (exact) mass is 351 g/mol. The molecule has 2 heterocycles. The Morgan fingerprint density at radius 1 is 1.24 bits per heavy atom. The lowest BCUT2D eigenvalue weighted by Crippen LogP contribution is -2.32. The summed E-state index contributed by atoms with van der Waals surface area (Å²) >= 11 is 12.3. The van der Waals surface area contributed by atoms with Crippen LogP contribution in [0.1, 0.15) is 26.2 Å². The molecule has 1 fully saturated rings. The van der Waals surface area contributed by atoms with Crippen LogP contribution in [0, 0.1) is 0 Å². The third-order valence-electron chi connectivity index (χ3n) is 3.37. The summed E-state index contributed by atoms with van der Waals surface area (Å²) < 4.78 is 22.9. The largest absolute Gasteiger partial charge is 0.369 e. The van der Waals surface area contributed by atoms with Crippen LogP contribution in [0.15, 0.2) is 6.07 Å². The molecule has 1 aromatic heterocycles. The molecule has 1 aliphatic rings. The zero-order chi connectivity index (χ0) is 15.5. The summed E-state index contributed by atoms with van der Waals surface area (Å²) in [6, 6.07) is 1.72. The quantitative estimate of drug-likeness (QED) is 0.852. The highest BCUT2D eigenvalue weighted by atomic mass is 35.5. The van der Waals surface area contributed by atoms with E-state index in [1.807, 2.05) is 0 Å². The summed E-state index contributed by atoms with van der Waals surface area (Å²) in [5.41, 5.74) is 0. The second-order valence-electron chi connectivity index (χ2n) is 5.15. The number of anilines is 2. The highest BCUT2D eigenvalue weighted by Crippen LogP contribution is 2.30. The van der Waals surface area contributed by atoms with Gasteiger partial charge < -0.3 is 10.6 Å². The van der Waals surface area contributed by atoms with Crippen LogP contribution >= 0.6 is 23.2 Å². The molecule has 21 heavy (non-hydrogen) atoms. The first kappa shape index (κ1) is 16.6. The molecule has 0 aliphatic carbocycles. The van der Waals surface area contributed by atoms with Crippen LogP contribution in [-0.2, 0) is 9.84 Å². The first-order valence-corrected chi connectivity index (χ1v) is 9.56. The molecule has 118 valence electrons. The molecular formula is C13H19Cl2N3O2S. The van der Waals surface area contributed by atoms with Crippen molar-refractivity contribution in [1.82, 2.24) is 4.98 Å². The predicted molar refractivity (Wildman–Crippen MR) is 88.3 cm³/mol. The lowest BCUT2D eigenvalue weighted by Gasteiger charge is -2.24. The fourth-order valence-corrected chi connectivity index (χ4v) is 4.13. The van der Waals surface area contributed by atoms with Gasteiger partial charge in [-0.3, -0.25) is 0 Å². The number of hydrogen-bond acceptors (Lipinski definition) is 5. The summed E-state index contributed by atoms with van der Waals surface area (Å²) in [7, 11) is -2.87. The number of pyridine rings is 1. The van der Waals surface area contributed by atoms with Gasteiger partial charge in [0.1, 0.15) is 21.5 Å². The maximum absolute atomic E-state index is 11.4. The standard InChI is InChI=1S/C13H19Cl2N3O2S/c1-2-5-16-12-10(14)8-11(15)13(18-12)17-9-3-6-21(19,20)7-4-9/h8-9H,2-7H2,1H3,(H2,16,17,18). The Hall–Kier alpha value is -0.720. The van der Waals surface area contributed by atoms with Crippen molar-refractivity contribution in [2.75, 3.05) is 28.7 Å². The first-order chi connectivity index (χ1) is 9.91. The number of halogens is 2. The number of hydrogen-bond donors (Lipinski definition) is 2. The van der Waals surface area contributed by atoms with E-state index in [4.69, 9.17) is 23.2 Å². The minimum Gasteiger partial charge on any atom is -0.369 e. The highest BCUT2D eigenvalue weighted by molar-refractivity contribution is 7.91. The maximum Gasteiger partial charge on any atom is 0.150 e. The van der Waals surface area contributed by atoms with Crippen molar-refractivity contribution >= 4 is 44.7 Å². The molecule has 1 aromatic rings. The molecule has 0 saturated carbocycles. The molecule has 1 aliphatic heterocycles. The lowest BCUT2D eigenvalue weighted by atomic mass is 10.1. The third-order valence-corrected chi connectivity index (χ3v) is 5.66. The average Bonchev–Trinajstić information content (AvgIpc) is 2.42. The topological polar surface area (TPSA) is 71.1 Å². The molecule has 8 heteroatoms. The Morgan fingerprint density at radius 3 is 2.48 bits per heavy atom. The van der Waals surface area contributed by atoms with E-state index in [9.17, 15) is 8.42 Å². The smallest absolute Gasteiger partial charge is 0.150 e. The molecule has 0 bridgehead atoms. The summed E-state index contributed by atoms with van der Waals surface area (Å²) in [5.74, 6) is 1.55. The predicted octanol–water partition coefficient (Wildman–Crippen LogP) is 3.20. The molecule has 2 rings (SSSR count). The van der Waals surface area contributed by atoms with E-state index in [0.717, 1.165) is 13.0 Å². The summed E-state index contributed by atoms with van der Waals surface area (Å²) in [5, 5.41) is 7.29. The van der Waals surface area contributed by atoms with Gasteiger partial charge in [-0.1, -0.05) is 30.1 Å². The van der Waals surface area contributed by atoms with Gasteiger partial charge in [0, 0.05) is 12.6 Å². The Kier molecular flexibility index (Phi) is 5.57. The van der Waals surface area contributed by atoms with Crippen molar-refractivity contribution in [2.24, 2.45) is 0 Å². The molecule has 0 spiro atoms. The van der Waals surface area contributed by atoms with E-state index in [-0.39, 0.29) is 17.5 Å². The average molecular weight is 352 g/mol. The van der Waals surface area contributed by atoms with Crippen molar-refractivity contribution < 1.29 is 8.42 Å². The van der Waals surface area contributed by atoms with Gasteiger partial charge in [0.25, 0.3) is 0 Å². The van der Waals surface area contributed by atoms with Crippen LogP contribution in [0.4, 0.5) is 11.6 Å². The Labute approximate surface area is 135 Å². The second kappa shape index (κ2) is 7.03. The summed E-state index contributed by atoms with van der Waals surface area (Å²) in [4.78, 5) is 4.40. The van der Waals surface area contributed by atoms with Crippen molar-refractivity contribution in [1.29, 1.82) is 0 Å². The van der Waals surface area contributed by atoms with Crippen molar-refractivity contribution in [3.8, 4) is 0 Å². The van der Waals surface area contributed by atoms with Crippen LogP contribution < -0.4 is 10.6 Å². The lowest BCUT2D eigenvalue weighted by molar-refractivity contribution is 0.559. The molecule has 0 aromatic carbocycles. The SMILES string of the molecule is CCCNc1nc(NC2CCS(=O)(=O)CC2)c(Cl)cc1Cl. The number of sulfone groups is 1. The van der Waals surface area contributed by atoms with Crippen molar-refractivity contribution in [3.63, 3.8) is 0 Å². The van der Waals surface area contributed by atoms with Crippen molar-refractivity contribution in [3.05, 3.63) is 16.1 Å². The Balaban J connectivity index is 2.09. The molecule has 0 radical (unpaired) electrons. The van der Waals surface area contributed by atoms with Crippen LogP contribution in [0.5, 0.6) is 0 Å². The van der Waals surface area contributed by atoms with Gasteiger partial charge >= 0.3 is 0 Å². The van der Waals surface area contributed by atoms with Crippen LogP contribution in [0.25, 0.3) is 0 Å². The zero-order valence-electron chi connectivity index (χ0n) is 11.8. The van der Waals surface area contributed by atoms with E-state index in [0.29, 0.717) is 34.5 Å². The first-order valence-electron chi connectivity index (χ1n) is 6.98. The molecule has 0 amide bonds. The number of nitrogens with one attached hydrogen (secondary N) is 2. The van der Waals surface area contributed by atoms with Crippen LogP contribution in [0.3, 0.4) is 0 Å². The van der Waals surface area contributed by atoms with Gasteiger partial charge in [0.2, 0.25) is 0 Å². The normalized spacial score (nSPS) is 18.4. The number of rotatable bonds is 5. The molecular weight excluding hydrogens is 333 g/mol. The Morgan fingerprint density at radius 2 is 1.86 bits per heavy atom. The molecule has 0 atom stereocenters. The van der Waals surface area contributed by atoms with Gasteiger partial charge in [-0.05, 0) is 25.3 Å². The minimum atomic E-state index is -2.87. The molecule has 2 N–H and O–H groups in total. The summed E-state index contributed by atoms with van der Waals surface area (Å²) in [6.45, 7) is 2.83. The fraction of sp³-hybridized carbons (Fsp3) is 0.615. The highest BCUT2D eigenvalue weighted by Gasteiger charge is 2.24. The fourth-order valence-electron chi connectivity index (χ4n) is 2.16. The minimum absolute atomic E-state index is 0.0683. The van der Waals surface area contributed by atoms with Gasteiger partial charge in [-0.2, -0.15) is 0 Å². The van der Waals surface area contributed by atoms with Gasteiger partial charge in [0.15, 0.2) is 0 Å². The maximum atomic E-state index is 11.4. The van der Waals surface area contributed by atoms with E-state index in [2.05, 4.69) is 22.5 Å². The van der Waals surface area contributed by atoms with E-state index < -0.39 is 9.84 Å². The van der Waals surface area contributed by atoms with Gasteiger partial charge in [-0.25, -0.2) is 13.4 Å². The van der Waals surface area contributed by atoms with Crippen LogP contribution in [-0.4, -0.2) is 37.5 Å². The molecule has 0 unspecified atom stereocenters. The number of nitrogens with zero attached hydrogens (tertiary/aromatic N) is 1. The molecule has 5 nitrogen and oxygen atoms in total. The third kappa shape index (κ3) is 4.63. The van der Waals surface area contributed by atoms with Gasteiger partial charge in [0.05, 0.1) is 21.6 Å². The number of aromatic nitrogens is 1. The van der Waals surface area contributed by atoms with E-state index in [1.54, 1.807) is 6.07 Å². The van der Waals surface area contributed by atoms with Gasteiger partial charge in [-0.15, -0.1) is 0 Å². The summed E-state index contributed by atoms with van der Waals surface area (Å²) in [6.07, 6.45) is 2.10. The van der Waals surface area contributed by atoms with Crippen LogP contribution in [0.2, 0.25) is 10.0 Å². The van der Waals surface area contributed by atoms with Crippen molar-refractivity contribution in [2.45, 2.75) is 32.2 Å². The van der Waals surface area contributed by atoms with E-state index in [1.165, 1.54) is 0 Å². The zero-order valence-corrected chi connectivity index (χ0v) is 14.2. The second-order valence-corrected chi connectivity index (χ2v) is 8.26. The van der Waals surface area contributed by atoms with E-state index >= 15 is 0 Å². The Bertz CT molecular complexity index is 594. The molecule has 1 saturated heterocycles.